The normalized spacial score (nSPS) is 15.5. The number of hydrogen-bond acceptors (Lipinski definition) is 4. The van der Waals surface area contributed by atoms with Crippen molar-refractivity contribution in [2.75, 3.05) is 0 Å². The van der Waals surface area contributed by atoms with E-state index in [0.717, 1.165) is 6.42 Å². The van der Waals surface area contributed by atoms with Gasteiger partial charge in [0.15, 0.2) is 17.0 Å². The fraction of sp³-hybridized carbons (Fsp3) is 0.421. The molecular formula is C19H21NO4. The predicted molar refractivity (Wildman–Crippen MR) is 91.1 cm³/mol. The predicted octanol–water partition coefficient (Wildman–Crippen LogP) is 3.44. The van der Waals surface area contributed by atoms with Crippen LogP contribution in [0, 0.1) is 5.92 Å². The molecule has 126 valence electrons. The van der Waals surface area contributed by atoms with Crippen molar-refractivity contribution in [1.29, 1.82) is 0 Å². The van der Waals surface area contributed by atoms with Crippen LogP contribution in [0.25, 0.3) is 11.0 Å². The van der Waals surface area contributed by atoms with Gasteiger partial charge in [0, 0.05) is 18.1 Å². The average molecular weight is 327 g/mol. The number of ketones is 1. The molecule has 0 unspecified atom stereocenters. The van der Waals surface area contributed by atoms with E-state index in [2.05, 4.69) is 0 Å². The summed E-state index contributed by atoms with van der Waals surface area (Å²) in [6.07, 6.45) is 7.39. The highest BCUT2D eigenvalue weighted by atomic mass is 16.3. The molecule has 5 nitrogen and oxygen atoms in total. The second-order valence-electron chi connectivity index (χ2n) is 6.52. The van der Waals surface area contributed by atoms with Crippen LogP contribution < -0.4 is 11.2 Å². The van der Waals surface area contributed by atoms with Gasteiger partial charge in [0.05, 0.1) is 5.39 Å². The Morgan fingerprint density at radius 2 is 1.88 bits per heavy atom. The minimum Gasteiger partial charge on any atom is -0.453 e. The van der Waals surface area contributed by atoms with Gasteiger partial charge >= 0.3 is 0 Å². The maximum Gasteiger partial charge on any atom is 0.248 e. The molecule has 5 heteroatoms. The highest BCUT2D eigenvalue weighted by Gasteiger charge is 2.18. The van der Waals surface area contributed by atoms with Crippen molar-refractivity contribution in [2.24, 2.45) is 11.7 Å². The summed E-state index contributed by atoms with van der Waals surface area (Å²) in [4.78, 5) is 35.8. The third-order valence-electron chi connectivity index (χ3n) is 4.79. The molecule has 1 aromatic carbocycles. The minimum absolute atomic E-state index is 0.0927. The highest BCUT2D eigenvalue weighted by molar-refractivity contribution is 5.98. The Kier molecular flexibility index (Phi) is 4.79. The first-order chi connectivity index (χ1) is 11.5. The third kappa shape index (κ3) is 3.55. The Balaban J connectivity index is 1.79. The molecule has 1 aliphatic carbocycles. The Hall–Kier alpha value is -2.43. The molecule has 1 amide bonds. The molecule has 1 saturated carbocycles. The number of carbonyl (C=O) groups excluding carboxylic acids is 2. The Labute approximate surface area is 139 Å². The number of amides is 1. The number of fused-ring (bicyclic) bond motifs is 1. The van der Waals surface area contributed by atoms with E-state index in [1.807, 2.05) is 0 Å². The molecule has 0 radical (unpaired) electrons. The van der Waals surface area contributed by atoms with Gasteiger partial charge < -0.3 is 10.2 Å². The summed E-state index contributed by atoms with van der Waals surface area (Å²) in [5.74, 6) is -0.0503. The molecule has 2 N–H and O–H groups in total. The van der Waals surface area contributed by atoms with E-state index in [9.17, 15) is 14.4 Å². The Morgan fingerprint density at radius 1 is 1.12 bits per heavy atom. The molecule has 0 aliphatic heterocycles. The summed E-state index contributed by atoms with van der Waals surface area (Å²) < 4.78 is 5.58. The zero-order valence-corrected chi connectivity index (χ0v) is 13.5. The lowest BCUT2D eigenvalue weighted by Gasteiger charge is -2.20. The third-order valence-corrected chi connectivity index (χ3v) is 4.79. The molecule has 2 aromatic rings. The zero-order valence-electron chi connectivity index (χ0n) is 13.5. The fourth-order valence-electron chi connectivity index (χ4n) is 3.38. The SMILES string of the molecule is NC(=O)c1ccc2oc(C(=O)CCC3CCCCC3)cc(=O)c2c1. The van der Waals surface area contributed by atoms with Crippen LogP contribution in [0.15, 0.2) is 33.5 Å². The van der Waals surface area contributed by atoms with Crippen molar-refractivity contribution in [3.05, 3.63) is 45.8 Å². The van der Waals surface area contributed by atoms with Gasteiger partial charge in [0.1, 0.15) is 5.58 Å². The fourth-order valence-corrected chi connectivity index (χ4v) is 3.38. The van der Waals surface area contributed by atoms with Crippen LogP contribution in [0.1, 0.15) is 65.9 Å². The van der Waals surface area contributed by atoms with Crippen molar-refractivity contribution < 1.29 is 14.0 Å². The molecule has 1 aromatic heterocycles. The van der Waals surface area contributed by atoms with Gasteiger partial charge in [0.25, 0.3) is 0 Å². The van der Waals surface area contributed by atoms with E-state index >= 15 is 0 Å². The lowest BCUT2D eigenvalue weighted by atomic mass is 9.85. The first-order valence-corrected chi connectivity index (χ1v) is 8.45. The summed E-state index contributed by atoms with van der Waals surface area (Å²) in [7, 11) is 0. The quantitative estimate of drug-likeness (QED) is 0.852. The standard InChI is InChI=1S/C19H21NO4/c20-19(23)13-7-9-17-14(10-13)16(22)11-18(24-17)15(21)8-6-12-4-2-1-3-5-12/h7,9-12H,1-6,8H2,(H2,20,23). The molecule has 3 rings (SSSR count). The smallest absolute Gasteiger partial charge is 0.248 e. The van der Waals surface area contributed by atoms with Gasteiger partial charge in [-0.25, -0.2) is 0 Å². The summed E-state index contributed by atoms with van der Waals surface area (Å²) in [5.41, 5.74) is 5.43. The topological polar surface area (TPSA) is 90.4 Å². The first-order valence-electron chi connectivity index (χ1n) is 8.45. The van der Waals surface area contributed by atoms with Crippen LogP contribution in [0.3, 0.4) is 0 Å². The number of hydrogen-bond donors (Lipinski definition) is 1. The Morgan fingerprint density at radius 3 is 2.58 bits per heavy atom. The van der Waals surface area contributed by atoms with Crippen LogP contribution in [0.4, 0.5) is 0 Å². The zero-order chi connectivity index (χ0) is 17.1. The van der Waals surface area contributed by atoms with Gasteiger partial charge in [-0.05, 0) is 30.5 Å². The van der Waals surface area contributed by atoms with Crippen LogP contribution in [0.2, 0.25) is 0 Å². The van der Waals surface area contributed by atoms with E-state index in [4.69, 9.17) is 10.2 Å². The van der Waals surface area contributed by atoms with Crippen LogP contribution in [-0.4, -0.2) is 11.7 Å². The lowest BCUT2D eigenvalue weighted by Crippen LogP contribution is -2.13. The van der Waals surface area contributed by atoms with Crippen molar-refractivity contribution in [3.63, 3.8) is 0 Å². The summed E-state index contributed by atoms with van der Waals surface area (Å²) >= 11 is 0. The second kappa shape index (κ2) is 6.99. The van der Waals surface area contributed by atoms with Crippen molar-refractivity contribution in [1.82, 2.24) is 0 Å². The number of carbonyl (C=O) groups is 2. The van der Waals surface area contributed by atoms with Gasteiger partial charge in [-0.2, -0.15) is 0 Å². The minimum atomic E-state index is -0.607. The van der Waals surface area contributed by atoms with Crippen molar-refractivity contribution >= 4 is 22.7 Å². The van der Waals surface area contributed by atoms with Gasteiger partial charge in [0.2, 0.25) is 5.91 Å². The molecule has 0 bridgehead atoms. The molecule has 1 fully saturated rings. The molecular weight excluding hydrogens is 306 g/mol. The number of primary amides is 1. The van der Waals surface area contributed by atoms with Crippen molar-refractivity contribution in [3.8, 4) is 0 Å². The van der Waals surface area contributed by atoms with E-state index < -0.39 is 5.91 Å². The number of benzene rings is 1. The van der Waals surface area contributed by atoms with E-state index in [1.54, 1.807) is 0 Å². The Bertz CT molecular complexity index is 831. The van der Waals surface area contributed by atoms with Crippen LogP contribution >= 0.6 is 0 Å². The van der Waals surface area contributed by atoms with Gasteiger partial charge in [-0.15, -0.1) is 0 Å². The van der Waals surface area contributed by atoms with Crippen LogP contribution in [0.5, 0.6) is 0 Å². The first kappa shape index (κ1) is 16.4. The maximum absolute atomic E-state index is 12.4. The van der Waals surface area contributed by atoms with E-state index in [-0.39, 0.29) is 27.9 Å². The number of rotatable bonds is 5. The lowest BCUT2D eigenvalue weighted by molar-refractivity contribution is 0.0942. The molecule has 0 atom stereocenters. The summed E-state index contributed by atoms with van der Waals surface area (Å²) in [6.45, 7) is 0. The molecule has 1 heterocycles. The van der Waals surface area contributed by atoms with Gasteiger partial charge in [-0.1, -0.05) is 32.1 Å². The maximum atomic E-state index is 12.4. The monoisotopic (exact) mass is 327 g/mol. The molecule has 1 aliphatic rings. The van der Waals surface area contributed by atoms with Crippen molar-refractivity contribution in [2.45, 2.75) is 44.9 Å². The molecule has 0 spiro atoms. The highest BCUT2D eigenvalue weighted by Crippen LogP contribution is 2.28. The summed E-state index contributed by atoms with van der Waals surface area (Å²) in [6, 6.07) is 5.62. The molecule has 24 heavy (non-hydrogen) atoms. The summed E-state index contributed by atoms with van der Waals surface area (Å²) in [5, 5.41) is 0.259. The largest absolute Gasteiger partial charge is 0.453 e. The van der Waals surface area contributed by atoms with Crippen LogP contribution in [-0.2, 0) is 0 Å². The van der Waals surface area contributed by atoms with E-state index in [0.29, 0.717) is 17.9 Å². The molecule has 0 saturated heterocycles. The second-order valence-corrected chi connectivity index (χ2v) is 6.52. The average Bonchev–Trinajstić information content (AvgIpc) is 2.60. The number of nitrogens with two attached hydrogens (primary N) is 1. The van der Waals surface area contributed by atoms with Gasteiger partial charge in [-0.3, -0.25) is 14.4 Å². The number of Topliss-reactive ketones (excluding diaryl/α,β-unsaturated/α-hetero) is 1. The van der Waals surface area contributed by atoms with E-state index in [1.165, 1.54) is 56.4 Å².